The molecule has 0 saturated carbocycles. The molecule has 0 aliphatic carbocycles. The van der Waals surface area contributed by atoms with Crippen molar-refractivity contribution in [3.8, 4) is 0 Å². The minimum absolute atomic E-state index is 0.0378. The highest BCUT2D eigenvalue weighted by Gasteiger charge is 2.21. The Labute approximate surface area is 102 Å². The summed E-state index contributed by atoms with van der Waals surface area (Å²) < 4.78 is 5.35. The van der Waals surface area contributed by atoms with Crippen LogP contribution in [0.25, 0.3) is 0 Å². The summed E-state index contributed by atoms with van der Waals surface area (Å²) in [6.45, 7) is 3.77. The molecule has 0 radical (unpaired) electrons. The van der Waals surface area contributed by atoms with Gasteiger partial charge < -0.3 is 10.2 Å². The van der Waals surface area contributed by atoms with E-state index in [1.807, 2.05) is 18.4 Å². The van der Waals surface area contributed by atoms with Gasteiger partial charge in [0.05, 0.1) is 5.25 Å². The predicted octanol–water partition coefficient (Wildman–Crippen LogP) is 2.62. The minimum atomic E-state index is 0.0378. The fraction of sp³-hybridized carbons (Fsp3) is 0.400. The Balaban J connectivity index is 2.15. The maximum absolute atomic E-state index is 5.98. The first-order valence-corrected chi connectivity index (χ1v) is 6.68. The lowest BCUT2D eigenvalue weighted by molar-refractivity contribution is 0.428. The van der Waals surface area contributed by atoms with Gasteiger partial charge in [-0.2, -0.15) is 0 Å². The van der Waals surface area contributed by atoms with E-state index in [1.165, 1.54) is 16.6 Å². The fourth-order valence-electron chi connectivity index (χ4n) is 1.31. The molecule has 2 unspecified atom stereocenters. The Morgan fingerprint density at radius 3 is 2.81 bits per heavy atom. The van der Waals surface area contributed by atoms with E-state index in [4.69, 9.17) is 10.2 Å². The Hall–Kier alpha value is -0.850. The molecule has 16 heavy (non-hydrogen) atoms. The van der Waals surface area contributed by atoms with Crippen LogP contribution in [-0.4, -0.2) is 16.2 Å². The summed E-state index contributed by atoms with van der Waals surface area (Å²) in [5.74, 6) is 0.581. The van der Waals surface area contributed by atoms with Gasteiger partial charge in [0.1, 0.15) is 0 Å². The van der Waals surface area contributed by atoms with Gasteiger partial charge in [-0.3, -0.25) is 0 Å². The molecule has 0 spiro atoms. The number of rotatable bonds is 4. The van der Waals surface area contributed by atoms with Gasteiger partial charge in [-0.05, 0) is 18.4 Å². The van der Waals surface area contributed by atoms with Crippen molar-refractivity contribution in [1.29, 1.82) is 0 Å². The zero-order chi connectivity index (χ0) is 11.5. The summed E-state index contributed by atoms with van der Waals surface area (Å²) in [5.41, 5.74) is 5.98. The van der Waals surface area contributed by atoms with E-state index in [0.717, 1.165) is 0 Å². The summed E-state index contributed by atoms with van der Waals surface area (Å²) in [5, 5.41) is 10.6. The molecule has 0 aromatic carbocycles. The second kappa shape index (κ2) is 4.99. The second-order valence-corrected chi connectivity index (χ2v) is 5.57. The van der Waals surface area contributed by atoms with Gasteiger partial charge in [0.2, 0.25) is 5.89 Å². The van der Waals surface area contributed by atoms with E-state index in [0.29, 0.717) is 11.1 Å². The Morgan fingerprint density at radius 1 is 1.50 bits per heavy atom. The third-order valence-electron chi connectivity index (χ3n) is 2.04. The first kappa shape index (κ1) is 11.6. The van der Waals surface area contributed by atoms with Gasteiger partial charge in [0.15, 0.2) is 0 Å². The maximum atomic E-state index is 5.98. The highest BCUT2D eigenvalue weighted by Crippen LogP contribution is 2.38. The first-order valence-electron chi connectivity index (χ1n) is 4.92. The molecule has 86 valence electrons. The average Bonchev–Trinajstić information content (AvgIpc) is 2.84. The molecule has 2 aromatic rings. The van der Waals surface area contributed by atoms with Gasteiger partial charge >= 0.3 is 0 Å². The summed E-state index contributed by atoms with van der Waals surface area (Å²) in [7, 11) is 0. The van der Waals surface area contributed by atoms with Crippen LogP contribution >= 0.6 is 23.1 Å². The van der Waals surface area contributed by atoms with Crippen LogP contribution in [0.1, 0.15) is 22.9 Å². The number of thiophene rings is 1. The quantitative estimate of drug-likeness (QED) is 0.851. The predicted molar refractivity (Wildman–Crippen MR) is 65.6 cm³/mol. The number of nitrogens with two attached hydrogens (primary N) is 1. The highest BCUT2D eigenvalue weighted by atomic mass is 32.2. The van der Waals surface area contributed by atoms with Gasteiger partial charge in [-0.25, -0.2) is 0 Å². The second-order valence-electron chi connectivity index (χ2n) is 3.50. The molecule has 2 aromatic heterocycles. The number of aryl methyl sites for hydroxylation is 1. The maximum Gasteiger partial charge on any atom is 0.277 e. The summed E-state index contributed by atoms with van der Waals surface area (Å²) in [6, 6.07) is 4.14. The Bertz CT molecular complexity index is 439. The monoisotopic (exact) mass is 255 g/mol. The largest absolute Gasteiger partial charge is 0.416 e. The van der Waals surface area contributed by atoms with Gasteiger partial charge in [0, 0.05) is 17.8 Å². The van der Waals surface area contributed by atoms with E-state index in [9.17, 15) is 0 Å². The van der Waals surface area contributed by atoms with Crippen LogP contribution in [-0.2, 0) is 0 Å². The minimum Gasteiger partial charge on any atom is -0.416 e. The molecule has 0 saturated heterocycles. The van der Waals surface area contributed by atoms with Crippen molar-refractivity contribution in [1.82, 2.24) is 10.2 Å². The normalized spacial score (nSPS) is 14.9. The molecule has 2 rings (SSSR count). The summed E-state index contributed by atoms with van der Waals surface area (Å²) in [6.07, 6.45) is 0. The van der Waals surface area contributed by atoms with E-state index < -0.39 is 0 Å². The highest BCUT2D eigenvalue weighted by molar-refractivity contribution is 7.99. The topological polar surface area (TPSA) is 64.9 Å². The van der Waals surface area contributed by atoms with Crippen LogP contribution in [0.2, 0.25) is 0 Å². The number of hydrogen-bond donors (Lipinski definition) is 1. The molecule has 6 heteroatoms. The zero-order valence-electron chi connectivity index (χ0n) is 9.08. The van der Waals surface area contributed by atoms with Crippen molar-refractivity contribution < 1.29 is 4.42 Å². The van der Waals surface area contributed by atoms with Crippen molar-refractivity contribution >= 4 is 23.1 Å². The van der Waals surface area contributed by atoms with Gasteiger partial charge in [-0.1, -0.05) is 17.8 Å². The van der Waals surface area contributed by atoms with Crippen molar-refractivity contribution in [3.05, 3.63) is 28.3 Å². The van der Waals surface area contributed by atoms with Crippen molar-refractivity contribution in [2.45, 2.75) is 30.4 Å². The molecule has 0 aliphatic rings. The third kappa shape index (κ3) is 2.63. The molecular formula is C10H13N3OS2. The smallest absolute Gasteiger partial charge is 0.277 e. The Kier molecular flexibility index (Phi) is 3.63. The lowest BCUT2D eigenvalue weighted by Gasteiger charge is -2.16. The van der Waals surface area contributed by atoms with Crippen molar-refractivity contribution in [2.24, 2.45) is 5.73 Å². The van der Waals surface area contributed by atoms with E-state index in [1.54, 1.807) is 18.3 Å². The first-order chi connectivity index (χ1) is 7.66. The molecular weight excluding hydrogens is 242 g/mol. The number of hydrogen-bond acceptors (Lipinski definition) is 6. The lowest BCUT2D eigenvalue weighted by Crippen LogP contribution is -2.21. The van der Waals surface area contributed by atoms with E-state index in [2.05, 4.69) is 16.3 Å². The van der Waals surface area contributed by atoms with Crippen LogP contribution in [0, 0.1) is 6.92 Å². The molecule has 0 fully saturated rings. The fourth-order valence-corrected chi connectivity index (χ4v) is 3.33. The van der Waals surface area contributed by atoms with Crippen LogP contribution in [0.15, 0.2) is 27.2 Å². The van der Waals surface area contributed by atoms with Gasteiger partial charge in [-0.15, -0.1) is 21.5 Å². The molecule has 0 aliphatic heterocycles. The SMILES string of the molecule is Cc1nnc(SC(c2cccs2)C(C)N)o1. The van der Waals surface area contributed by atoms with Crippen LogP contribution in [0.3, 0.4) is 0 Å². The molecule has 2 N–H and O–H groups in total. The van der Waals surface area contributed by atoms with E-state index >= 15 is 0 Å². The zero-order valence-corrected chi connectivity index (χ0v) is 10.7. The Morgan fingerprint density at radius 2 is 2.31 bits per heavy atom. The van der Waals surface area contributed by atoms with Crippen LogP contribution in [0.5, 0.6) is 0 Å². The molecule has 2 atom stereocenters. The van der Waals surface area contributed by atoms with E-state index in [-0.39, 0.29) is 11.3 Å². The third-order valence-corrected chi connectivity index (χ3v) is 4.44. The molecule has 2 heterocycles. The molecule has 0 bridgehead atoms. The molecule has 4 nitrogen and oxygen atoms in total. The number of thioether (sulfide) groups is 1. The summed E-state index contributed by atoms with van der Waals surface area (Å²) >= 11 is 3.22. The van der Waals surface area contributed by atoms with Gasteiger partial charge in [0.25, 0.3) is 5.22 Å². The van der Waals surface area contributed by atoms with Crippen LogP contribution in [0.4, 0.5) is 0 Å². The number of nitrogens with zero attached hydrogens (tertiary/aromatic N) is 2. The van der Waals surface area contributed by atoms with Crippen LogP contribution < -0.4 is 5.73 Å². The standard InChI is InChI=1S/C10H13N3OS2/c1-6(11)9(8-4-3-5-15-8)16-10-13-12-7(2)14-10/h3-6,9H,11H2,1-2H3. The van der Waals surface area contributed by atoms with Crippen molar-refractivity contribution in [2.75, 3.05) is 0 Å². The lowest BCUT2D eigenvalue weighted by atomic mass is 10.2. The summed E-state index contributed by atoms with van der Waals surface area (Å²) in [4.78, 5) is 1.23. The number of aromatic nitrogens is 2. The average molecular weight is 255 g/mol. The van der Waals surface area contributed by atoms with Crippen molar-refractivity contribution in [3.63, 3.8) is 0 Å². The molecule has 0 amide bonds.